The number of nitrogens with zero attached hydrogens (tertiary/aromatic N) is 6. The number of rotatable bonds is 4. The molecule has 0 fully saturated rings. The lowest BCUT2D eigenvalue weighted by molar-refractivity contribution is 0.477. The number of fused-ring (bicyclic) bond motifs is 1. The fourth-order valence-corrected chi connectivity index (χ4v) is 3.34. The van der Waals surface area contributed by atoms with Crippen molar-refractivity contribution < 1.29 is 5.11 Å². The Morgan fingerprint density at radius 2 is 2.03 bits per heavy atom. The maximum Gasteiger partial charge on any atom is 0.180 e. The van der Waals surface area contributed by atoms with E-state index >= 15 is 0 Å². The number of anilines is 2. The molecule has 4 aromatic heterocycles. The molecule has 29 heavy (non-hydrogen) atoms. The standard InChI is InChI=1S/C20H18N8O/c1-12-8-23-26-18(12)15-7-14(3-4-17(15)29)25-19-20-22-10-16(28(20)6-5-21-19)13-9-24-27(2)11-13/h3-11,29H,1-2H3,(H,21,25)(H,23,26). The molecular weight excluding hydrogens is 368 g/mol. The Balaban J connectivity index is 1.55. The van der Waals surface area contributed by atoms with Crippen molar-refractivity contribution >= 4 is 17.2 Å². The molecule has 0 amide bonds. The lowest BCUT2D eigenvalue weighted by atomic mass is 10.1. The van der Waals surface area contributed by atoms with Gasteiger partial charge in [-0.15, -0.1) is 0 Å². The number of aromatic hydroxyl groups is 1. The maximum atomic E-state index is 10.3. The molecule has 0 radical (unpaired) electrons. The third-order valence-electron chi connectivity index (χ3n) is 4.79. The highest BCUT2D eigenvalue weighted by Crippen LogP contribution is 2.33. The molecule has 0 aliphatic heterocycles. The number of H-pyrrole nitrogens is 1. The Hall–Kier alpha value is -4.14. The zero-order chi connectivity index (χ0) is 20.0. The highest BCUT2D eigenvalue weighted by atomic mass is 16.3. The molecule has 5 aromatic rings. The Morgan fingerprint density at radius 1 is 1.14 bits per heavy atom. The molecule has 4 heterocycles. The lowest BCUT2D eigenvalue weighted by Crippen LogP contribution is -1.99. The highest BCUT2D eigenvalue weighted by molar-refractivity contribution is 5.78. The first-order valence-corrected chi connectivity index (χ1v) is 9.01. The first-order valence-electron chi connectivity index (χ1n) is 9.01. The number of nitrogens with one attached hydrogen (secondary N) is 2. The van der Waals surface area contributed by atoms with Gasteiger partial charge >= 0.3 is 0 Å². The Morgan fingerprint density at radius 3 is 2.79 bits per heavy atom. The first-order chi connectivity index (χ1) is 14.1. The quantitative estimate of drug-likeness (QED) is 0.409. The second-order valence-electron chi connectivity index (χ2n) is 6.80. The van der Waals surface area contributed by atoms with Crippen molar-refractivity contribution in [3.63, 3.8) is 0 Å². The van der Waals surface area contributed by atoms with Crippen molar-refractivity contribution in [2.45, 2.75) is 6.92 Å². The topological polar surface area (TPSA) is 109 Å². The van der Waals surface area contributed by atoms with Crippen LogP contribution in [0.1, 0.15) is 5.56 Å². The number of hydrogen-bond acceptors (Lipinski definition) is 6. The van der Waals surface area contributed by atoms with E-state index in [1.54, 1.807) is 41.6 Å². The zero-order valence-corrected chi connectivity index (χ0v) is 15.8. The van der Waals surface area contributed by atoms with Crippen LogP contribution >= 0.6 is 0 Å². The SMILES string of the molecule is Cc1cn[nH]c1-c1cc(Nc2nccn3c(-c4cnn(C)c4)cnc23)ccc1O. The molecule has 0 unspecified atom stereocenters. The molecule has 3 N–H and O–H groups in total. The average molecular weight is 386 g/mol. The van der Waals surface area contributed by atoms with Crippen LogP contribution in [0, 0.1) is 6.92 Å². The minimum atomic E-state index is 0.175. The van der Waals surface area contributed by atoms with Gasteiger partial charge in [-0.05, 0) is 30.7 Å². The Bertz CT molecular complexity index is 1330. The maximum absolute atomic E-state index is 10.3. The largest absolute Gasteiger partial charge is 0.507 e. The molecule has 144 valence electrons. The summed E-state index contributed by atoms with van der Waals surface area (Å²) in [6, 6.07) is 5.29. The van der Waals surface area contributed by atoms with Gasteiger partial charge in [0, 0.05) is 42.5 Å². The molecular formula is C20H18N8O. The number of phenols is 1. The number of aromatic nitrogens is 7. The summed E-state index contributed by atoms with van der Waals surface area (Å²) in [5.74, 6) is 0.786. The number of hydrogen-bond donors (Lipinski definition) is 3. The van der Waals surface area contributed by atoms with Gasteiger partial charge in [-0.1, -0.05) is 0 Å². The van der Waals surface area contributed by atoms with Crippen LogP contribution in [0.15, 0.2) is 55.4 Å². The van der Waals surface area contributed by atoms with Gasteiger partial charge < -0.3 is 10.4 Å². The zero-order valence-electron chi connectivity index (χ0n) is 15.8. The predicted octanol–water partition coefficient (Wildman–Crippen LogP) is 3.28. The van der Waals surface area contributed by atoms with Gasteiger partial charge in [0.05, 0.1) is 30.0 Å². The van der Waals surface area contributed by atoms with Crippen molar-refractivity contribution in [1.82, 2.24) is 34.3 Å². The number of aryl methyl sites for hydroxylation is 2. The summed E-state index contributed by atoms with van der Waals surface area (Å²) in [6.07, 6.45) is 10.9. The summed E-state index contributed by atoms with van der Waals surface area (Å²) < 4.78 is 3.72. The van der Waals surface area contributed by atoms with Crippen LogP contribution in [-0.2, 0) is 7.05 Å². The molecule has 9 heteroatoms. The summed E-state index contributed by atoms with van der Waals surface area (Å²) in [4.78, 5) is 8.99. The Labute approximate surface area is 165 Å². The predicted molar refractivity (Wildman–Crippen MR) is 109 cm³/mol. The van der Waals surface area contributed by atoms with Gasteiger partial charge in [-0.25, -0.2) is 9.97 Å². The number of phenolic OH excluding ortho intramolecular Hbond substituents is 1. The number of benzene rings is 1. The van der Waals surface area contributed by atoms with E-state index in [9.17, 15) is 5.11 Å². The normalized spacial score (nSPS) is 11.2. The third kappa shape index (κ3) is 2.89. The van der Waals surface area contributed by atoms with Crippen molar-refractivity contribution in [2.24, 2.45) is 7.05 Å². The van der Waals surface area contributed by atoms with E-state index in [4.69, 9.17) is 0 Å². The summed E-state index contributed by atoms with van der Waals surface area (Å²) in [7, 11) is 1.88. The van der Waals surface area contributed by atoms with Gasteiger partial charge in [0.2, 0.25) is 0 Å². The van der Waals surface area contributed by atoms with Crippen molar-refractivity contribution in [2.75, 3.05) is 5.32 Å². The second kappa shape index (κ2) is 6.48. The molecule has 0 saturated heterocycles. The number of imidazole rings is 1. The molecule has 0 spiro atoms. The van der Waals surface area contributed by atoms with E-state index in [0.29, 0.717) is 17.0 Å². The minimum absolute atomic E-state index is 0.175. The van der Waals surface area contributed by atoms with E-state index in [-0.39, 0.29) is 5.75 Å². The van der Waals surface area contributed by atoms with E-state index < -0.39 is 0 Å². The third-order valence-corrected chi connectivity index (χ3v) is 4.79. The van der Waals surface area contributed by atoms with Crippen LogP contribution < -0.4 is 5.32 Å². The van der Waals surface area contributed by atoms with Crippen LogP contribution in [0.25, 0.3) is 28.2 Å². The van der Waals surface area contributed by atoms with Crippen LogP contribution in [0.5, 0.6) is 5.75 Å². The monoisotopic (exact) mass is 386 g/mol. The summed E-state index contributed by atoms with van der Waals surface area (Å²) in [6.45, 7) is 1.94. The lowest BCUT2D eigenvalue weighted by Gasteiger charge is -2.10. The molecule has 0 aliphatic carbocycles. The Kier molecular flexibility index (Phi) is 3.80. The summed E-state index contributed by atoms with van der Waals surface area (Å²) in [5, 5.41) is 24.8. The van der Waals surface area contributed by atoms with Crippen LogP contribution in [0.2, 0.25) is 0 Å². The highest BCUT2D eigenvalue weighted by Gasteiger charge is 2.14. The molecule has 0 saturated carbocycles. The van der Waals surface area contributed by atoms with Crippen LogP contribution in [0.4, 0.5) is 11.5 Å². The van der Waals surface area contributed by atoms with Gasteiger partial charge in [0.25, 0.3) is 0 Å². The van der Waals surface area contributed by atoms with E-state index in [1.165, 1.54) is 0 Å². The van der Waals surface area contributed by atoms with Gasteiger partial charge in [-0.2, -0.15) is 10.2 Å². The molecule has 5 rings (SSSR count). The summed E-state index contributed by atoms with van der Waals surface area (Å²) in [5.41, 5.74) is 5.76. The van der Waals surface area contributed by atoms with Gasteiger partial charge in [0.1, 0.15) is 5.75 Å². The molecule has 0 atom stereocenters. The van der Waals surface area contributed by atoms with Crippen molar-refractivity contribution in [1.29, 1.82) is 0 Å². The average Bonchev–Trinajstić information content (AvgIpc) is 3.43. The fraction of sp³-hybridized carbons (Fsp3) is 0.100. The molecule has 9 nitrogen and oxygen atoms in total. The summed E-state index contributed by atoms with van der Waals surface area (Å²) >= 11 is 0. The molecule has 0 bridgehead atoms. The van der Waals surface area contributed by atoms with Gasteiger partial charge in [0.15, 0.2) is 11.5 Å². The smallest absolute Gasteiger partial charge is 0.180 e. The van der Waals surface area contributed by atoms with E-state index in [2.05, 4.69) is 30.6 Å². The van der Waals surface area contributed by atoms with Crippen molar-refractivity contribution in [3.8, 4) is 28.3 Å². The fourth-order valence-electron chi connectivity index (χ4n) is 3.34. The number of aromatic amines is 1. The van der Waals surface area contributed by atoms with Crippen LogP contribution in [0.3, 0.4) is 0 Å². The second-order valence-corrected chi connectivity index (χ2v) is 6.80. The minimum Gasteiger partial charge on any atom is -0.507 e. The van der Waals surface area contributed by atoms with Crippen molar-refractivity contribution in [3.05, 3.63) is 60.9 Å². The van der Waals surface area contributed by atoms with E-state index in [0.717, 1.165) is 28.2 Å². The van der Waals surface area contributed by atoms with Crippen LogP contribution in [-0.4, -0.2) is 39.5 Å². The first kappa shape index (κ1) is 17.0. The molecule has 0 aliphatic rings. The van der Waals surface area contributed by atoms with E-state index in [1.807, 2.05) is 36.8 Å². The van der Waals surface area contributed by atoms with Gasteiger partial charge in [-0.3, -0.25) is 14.2 Å². The molecule has 1 aromatic carbocycles.